The molecule has 0 aliphatic rings. The second kappa shape index (κ2) is 10.1. The van der Waals surface area contributed by atoms with E-state index in [2.05, 4.69) is 54.4 Å². The molecule has 0 saturated heterocycles. The van der Waals surface area contributed by atoms with Gasteiger partial charge in [-0.2, -0.15) is 0 Å². The third kappa shape index (κ3) is 5.95. The largest absolute Gasteiger partial charge is 0.356 e. The number of rotatable bonds is 8. The molecule has 0 spiro atoms. The molecule has 0 amide bonds. The van der Waals surface area contributed by atoms with Gasteiger partial charge in [0.25, 0.3) is 0 Å². The summed E-state index contributed by atoms with van der Waals surface area (Å²) in [4.78, 5) is 13.1. The highest BCUT2D eigenvalue weighted by molar-refractivity contribution is 5.79. The third-order valence-electron chi connectivity index (χ3n) is 4.26. The normalized spacial score (nSPS) is 11.4. The first-order valence-electron chi connectivity index (χ1n) is 9.23. The predicted molar refractivity (Wildman–Crippen MR) is 109 cm³/mol. The molecule has 2 heterocycles. The van der Waals surface area contributed by atoms with E-state index in [4.69, 9.17) is 0 Å². The van der Waals surface area contributed by atoms with E-state index in [1.807, 2.05) is 42.9 Å². The monoisotopic (exact) mass is 362 g/mol. The first-order valence-corrected chi connectivity index (χ1v) is 9.23. The Bertz CT molecular complexity index is 826. The van der Waals surface area contributed by atoms with Crippen molar-refractivity contribution in [2.45, 2.75) is 19.4 Å². The van der Waals surface area contributed by atoms with Gasteiger partial charge in [0.05, 0.1) is 0 Å². The second-order valence-corrected chi connectivity index (χ2v) is 6.20. The second-order valence-electron chi connectivity index (χ2n) is 6.20. The Hall–Kier alpha value is -3.15. The van der Waals surface area contributed by atoms with Gasteiger partial charge in [-0.15, -0.1) is 0 Å². The van der Waals surface area contributed by atoms with Gasteiger partial charge in [-0.1, -0.05) is 36.4 Å². The van der Waals surface area contributed by atoms with Crippen LogP contribution in [0.1, 0.15) is 17.1 Å². The minimum Gasteiger partial charge on any atom is -0.356 e. The Balaban J connectivity index is 1.43. The number of benzene rings is 1. The van der Waals surface area contributed by atoms with Crippen molar-refractivity contribution in [3.8, 4) is 0 Å². The molecule has 6 nitrogen and oxygen atoms in total. The molecular weight excluding hydrogens is 336 g/mol. The summed E-state index contributed by atoms with van der Waals surface area (Å²) < 4.78 is 2.19. The van der Waals surface area contributed by atoms with E-state index < -0.39 is 0 Å². The van der Waals surface area contributed by atoms with Crippen LogP contribution in [0.2, 0.25) is 0 Å². The minimum atomic E-state index is 0.773. The van der Waals surface area contributed by atoms with E-state index >= 15 is 0 Å². The summed E-state index contributed by atoms with van der Waals surface area (Å²) in [5, 5.41) is 6.67. The lowest BCUT2D eigenvalue weighted by atomic mass is 10.2. The van der Waals surface area contributed by atoms with Gasteiger partial charge in [0, 0.05) is 63.8 Å². The van der Waals surface area contributed by atoms with Crippen LogP contribution in [0.5, 0.6) is 0 Å². The lowest BCUT2D eigenvalue weighted by molar-refractivity contribution is 0.693. The van der Waals surface area contributed by atoms with Crippen molar-refractivity contribution in [1.82, 2.24) is 25.2 Å². The molecule has 0 atom stereocenters. The fourth-order valence-corrected chi connectivity index (χ4v) is 2.86. The van der Waals surface area contributed by atoms with Crippen molar-refractivity contribution in [2.75, 3.05) is 20.1 Å². The quantitative estimate of drug-likeness (QED) is 0.477. The first kappa shape index (κ1) is 18.6. The van der Waals surface area contributed by atoms with Crippen LogP contribution in [0.3, 0.4) is 0 Å². The highest BCUT2D eigenvalue weighted by Gasteiger charge is 2.04. The molecule has 140 valence electrons. The average Bonchev–Trinajstić information content (AvgIpc) is 3.15. The Labute approximate surface area is 160 Å². The van der Waals surface area contributed by atoms with E-state index in [0.717, 1.165) is 50.0 Å². The number of hydrogen-bond acceptors (Lipinski definition) is 3. The van der Waals surface area contributed by atoms with Gasteiger partial charge in [-0.3, -0.25) is 9.98 Å². The molecule has 0 saturated carbocycles. The molecule has 3 rings (SSSR count). The van der Waals surface area contributed by atoms with Gasteiger partial charge in [-0.25, -0.2) is 4.98 Å². The maximum absolute atomic E-state index is 4.49. The number of aromatic nitrogens is 3. The van der Waals surface area contributed by atoms with Crippen molar-refractivity contribution < 1.29 is 0 Å². The van der Waals surface area contributed by atoms with Crippen molar-refractivity contribution in [2.24, 2.45) is 4.99 Å². The maximum Gasteiger partial charge on any atom is 0.191 e. The van der Waals surface area contributed by atoms with Crippen molar-refractivity contribution in [3.05, 3.63) is 84.2 Å². The zero-order valence-corrected chi connectivity index (χ0v) is 15.7. The van der Waals surface area contributed by atoms with Gasteiger partial charge in [0.15, 0.2) is 5.96 Å². The van der Waals surface area contributed by atoms with Gasteiger partial charge in [-0.05, 0) is 17.7 Å². The third-order valence-corrected chi connectivity index (χ3v) is 4.26. The molecule has 0 aliphatic heterocycles. The maximum atomic E-state index is 4.49. The standard InChI is InChI=1S/C21H26N6/c1-22-21(25-13-10-19-9-5-6-12-23-19)26-14-11-20-24-15-16-27(20)17-18-7-3-2-4-8-18/h2-9,12,15-16H,10-11,13-14,17H2,1H3,(H2,22,25,26). The molecule has 6 heteroatoms. The molecule has 27 heavy (non-hydrogen) atoms. The molecule has 0 aliphatic carbocycles. The van der Waals surface area contributed by atoms with Gasteiger partial charge < -0.3 is 15.2 Å². The topological polar surface area (TPSA) is 67.1 Å². The molecule has 1 aromatic carbocycles. The van der Waals surface area contributed by atoms with Crippen LogP contribution in [0, 0.1) is 0 Å². The zero-order valence-electron chi connectivity index (χ0n) is 15.7. The van der Waals surface area contributed by atoms with Crippen LogP contribution < -0.4 is 10.6 Å². The Morgan fingerprint density at radius 2 is 1.70 bits per heavy atom. The number of imidazole rings is 1. The molecule has 0 fully saturated rings. The number of aliphatic imine (C=N–C) groups is 1. The summed E-state index contributed by atoms with van der Waals surface area (Å²) in [6.45, 7) is 2.40. The van der Waals surface area contributed by atoms with Gasteiger partial charge >= 0.3 is 0 Å². The summed E-state index contributed by atoms with van der Waals surface area (Å²) in [7, 11) is 1.78. The molecule has 3 aromatic rings. The van der Waals surface area contributed by atoms with E-state index in [0.29, 0.717) is 0 Å². The van der Waals surface area contributed by atoms with E-state index in [-0.39, 0.29) is 0 Å². The number of nitrogens with one attached hydrogen (secondary N) is 2. The highest BCUT2D eigenvalue weighted by Crippen LogP contribution is 2.05. The fourth-order valence-electron chi connectivity index (χ4n) is 2.86. The molecule has 2 aromatic heterocycles. The average molecular weight is 362 g/mol. The Kier molecular flexibility index (Phi) is 6.98. The summed E-state index contributed by atoms with van der Waals surface area (Å²) in [5.74, 6) is 1.86. The van der Waals surface area contributed by atoms with Crippen LogP contribution in [0.4, 0.5) is 0 Å². The van der Waals surface area contributed by atoms with E-state index in [9.17, 15) is 0 Å². The zero-order chi connectivity index (χ0) is 18.7. The smallest absolute Gasteiger partial charge is 0.191 e. The number of guanidine groups is 1. The van der Waals surface area contributed by atoms with Crippen molar-refractivity contribution >= 4 is 5.96 Å². The lowest BCUT2D eigenvalue weighted by Crippen LogP contribution is -2.39. The summed E-state index contributed by atoms with van der Waals surface area (Å²) >= 11 is 0. The molecule has 2 N–H and O–H groups in total. The van der Waals surface area contributed by atoms with E-state index in [1.54, 1.807) is 7.05 Å². The molecule has 0 bridgehead atoms. The number of hydrogen-bond donors (Lipinski definition) is 2. The van der Waals surface area contributed by atoms with Crippen LogP contribution >= 0.6 is 0 Å². The van der Waals surface area contributed by atoms with Gasteiger partial charge in [0.2, 0.25) is 0 Å². The van der Waals surface area contributed by atoms with Crippen LogP contribution in [-0.4, -0.2) is 40.6 Å². The SMILES string of the molecule is CN=C(NCCc1ccccn1)NCCc1nccn1Cc1ccccc1. The fraction of sp³-hybridized carbons (Fsp3) is 0.286. The van der Waals surface area contributed by atoms with Crippen LogP contribution in [0.15, 0.2) is 72.1 Å². The van der Waals surface area contributed by atoms with Gasteiger partial charge in [0.1, 0.15) is 5.82 Å². The lowest BCUT2D eigenvalue weighted by Gasteiger charge is -2.12. The Morgan fingerprint density at radius 3 is 2.44 bits per heavy atom. The van der Waals surface area contributed by atoms with Crippen LogP contribution in [-0.2, 0) is 19.4 Å². The summed E-state index contributed by atoms with van der Waals surface area (Å²) in [6, 6.07) is 16.4. The minimum absolute atomic E-state index is 0.773. The summed E-state index contributed by atoms with van der Waals surface area (Å²) in [5.41, 5.74) is 2.35. The molecular formula is C21H26N6. The first-order chi connectivity index (χ1) is 13.3. The van der Waals surface area contributed by atoms with Crippen molar-refractivity contribution in [1.29, 1.82) is 0 Å². The van der Waals surface area contributed by atoms with Crippen LogP contribution in [0.25, 0.3) is 0 Å². The highest BCUT2D eigenvalue weighted by atomic mass is 15.2. The predicted octanol–water partition coefficient (Wildman–Crippen LogP) is 2.28. The Morgan fingerprint density at radius 1 is 0.926 bits per heavy atom. The molecule has 0 unspecified atom stereocenters. The van der Waals surface area contributed by atoms with Crippen molar-refractivity contribution in [3.63, 3.8) is 0 Å². The number of pyridine rings is 1. The molecule has 0 radical (unpaired) electrons. The number of nitrogens with zero attached hydrogens (tertiary/aromatic N) is 4. The summed E-state index contributed by atoms with van der Waals surface area (Å²) in [6.07, 6.45) is 7.41. The van der Waals surface area contributed by atoms with E-state index in [1.165, 1.54) is 5.56 Å².